The largest absolute Gasteiger partial charge is 0.322 e. The van der Waals surface area contributed by atoms with E-state index in [1.54, 1.807) is 30.3 Å². The maximum absolute atomic E-state index is 12.7. The summed E-state index contributed by atoms with van der Waals surface area (Å²) in [5.41, 5.74) is 3.52. The Hall–Kier alpha value is -2.44. The first-order chi connectivity index (χ1) is 12.9. The average Bonchev–Trinajstić information content (AvgIpc) is 2.69. The van der Waals surface area contributed by atoms with Gasteiger partial charge in [-0.2, -0.15) is 4.31 Å². The first-order valence-electron chi connectivity index (χ1n) is 9.07. The van der Waals surface area contributed by atoms with Crippen LogP contribution in [0.4, 0.5) is 5.69 Å². The van der Waals surface area contributed by atoms with Crippen molar-refractivity contribution in [2.24, 2.45) is 0 Å². The summed E-state index contributed by atoms with van der Waals surface area (Å²) >= 11 is 0. The van der Waals surface area contributed by atoms with Gasteiger partial charge < -0.3 is 5.32 Å². The van der Waals surface area contributed by atoms with Crippen molar-refractivity contribution in [1.29, 1.82) is 0 Å². The van der Waals surface area contributed by atoms with Crippen molar-refractivity contribution in [2.75, 3.05) is 18.4 Å². The monoisotopic (exact) mass is 384 g/mol. The van der Waals surface area contributed by atoms with Gasteiger partial charge in [0.1, 0.15) is 0 Å². The van der Waals surface area contributed by atoms with Gasteiger partial charge in [-0.25, -0.2) is 8.42 Å². The van der Waals surface area contributed by atoms with E-state index in [4.69, 9.17) is 0 Å². The number of nitrogens with one attached hydrogen (secondary N) is 1. The van der Waals surface area contributed by atoms with Crippen molar-refractivity contribution in [3.8, 4) is 0 Å². The molecule has 0 atom stereocenters. The van der Waals surface area contributed by atoms with Crippen molar-refractivity contribution in [1.82, 2.24) is 4.31 Å². The van der Waals surface area contributed by atoms with Gasteiger partial charge in [0.25, 0.3) is 5.91 Å². The molecule has 1 heterocycles. The Balaban J connectivity index is 1.70. The van der Waals surface area contributed by atoms with Crippen LogP contribution in [0.1, 0.15) is 24.5 Å². The number of aryl methyl sites for hydroxylation is 2. The van der Waals surface area contributed by atoms with Crippen LogP contribution in [0.3, 0.4) is 0 Å². The lowest BCUT2D eigenvalue weighted by molar-refractivity contribution is -0.113. The maximum atomic E-state index is 12.7. The summed E-state index contributed by atoms with van der Waals surface area (Å²) in [5.74, 6) is -0.164. The molecule has 0 radical (unpaired) electrons. The normalized spacial score (nSPS) is 15.3. The van der Waals surface area contributed by atoms with E-state index in [2.05, 4.69) is 5.32 Å². The summed E-state index contributed by atoms with van der Waals surface area (Å²) in [6.45, 7) is 4.46. The fourth-order valence-electron chi connectivity index (χ4n) is 3.09. The average molecular weight is 385 g/mol. The number of amides is 1. The molecule has 1 amide bonds. The number of carbonyl (C=O) groups is 1. The minimum Gasteiger partial charge on any atom is -0.322 e. The van der Waals surface area contributed by atoms with E-state index in [1.165, 1.54) is 4.31 Å². The second-order valence-electron chi connectivity index (χ2n) is 6.62. The lowest BCUT2D eigenvalue weighted by Gasteiger charge is -2.25. The predicted molar refractivity (Wildman–Crippen MR) is 107 cm³/mol. The number of sulfonamides is 1. The van der Waals surface area contributed by atoms with Gasteiger partial charge in [0, 0.05) is 24.4 Å². The highest BCUT2D eigenvalue weighted by molar-refractivity contribution is 7.89. The number of hydrogen-bond donors (Lipinski definition) is 1. The molecule has 0 spiro atoms. The third-order valence-corrected chi connectivity index (χ3v) is 6.65. The number of carbonyl (C=O) groups excluding carboxylic acids is 1. The Morgan fingerprint density at radius 2 is 1.81 bits per heavy atom. The fraction of sp³-hybridized carbons (Fsp3) is 0.286. The first-order valence-corrected chi connectivity index (χ1v) is 10.5. The van der Waals surface area contributed by atoms with Crippen LogP contribution >= 0.6 is 0 Å². The minimum absolute atomic E-state index is 0.164. The van der Waals surface area contributed by atoms with E-state index < -0.39 is 10.0 Å². The van der Waals surface area contributed by atoms with E-state index in [-0.39, 0.29) is 17.3 Å². The third kappa shape index (κ3) is 4.28. The van der Waals surface area contributed by atoms with Crippen molar-refractivity contribution in [3.63, 3.8) is 0 Å². The molecule has 0 unspecified atom stereocenters. The van der Waals surface area contributed by atoms with E-state index in [0.717, 1.165) is 23.2 Å². The van der Waals surface area contributed by atoms with E-state index in [1.807, 2.05) is 38.1 Å². The van der Waals surface area contributed by atoms with Crippen LogP contribution in [0.15, 0.2) is 65.1 Å². The molecule has 1 N–H and O–H groups in total. The molecule has 5 nitrogen and oxygen atoms in total. The Morgan fingerprint density at radius 1 is 1.11 bits per heavy atom. The number of benzene rings is 2. The van der Waals surface area contributed by atoms with E-state index in [9.17, 15) is 13.2 Å². The molecule has 0 bridgehead atoms. The van der Waals surface area contributed by atoms with Crippen LogP contribution in [-0.2, 0) is 21.2 Å². The number of anilines is 1. The molecule has 27 heavy (non-hydrogen) atoms. The molecule has 0 saturated heterocycles. The molecule has 0 aromatic heterocycles. The zero-order valence-corrected chi connectivity index (χ0v) is 16.4. The molecule has 6 heteroatoms. The van der Waals surface area contributed by atoms with Crippen LogP contribution in [0.5, 0.6) is 0 Å². The molecule has 0 fully saturated rings. The van der Waals surface area contributed by atoms with Crippen molar-refractivity contribution in [3.05, 3.63) is 71.3 Å². The molecular formula is C21H24N2O3S. The quantitative estimate of drug-likeness (QED) is 0.858. The lowest BCUT2D eigenvalue weighted by Crippen LogP contribution is -2.36. The van der Waals surface area contributed by atoms with Gasteiger partial charge >= 0.3 is 0 Å². The molecule has 2 aromatic carbocycles. The standard InChI is InChI=1S/C21H24N2O3S/c1-3-17-6-4-5-7-20(17)22-21(24)18-12-14-23(15-13-18)27(25,26)19-10-8-16(2)9-11-19/h4-12H,3,13-15H2,1-2H3,(H,22,24). The highest BCUT2D eigenvalue weighted by atomic mass is 32.2. The summed E-state index contributed by atoms with van der Waals surface area (Å²) < 4.78 is 26.9. The molecular weight excluding hydrogens is 360 g/mol. The van der Waals surface area contributed by atoms with Gasteiger partial charge in [-0.05, 0) is 43.5 Å². The molecule has 1 aliphatic heterocycles. The predicted octanol–water partition coefficient (Wildman–Crippen LogP) is 3.52. The number of rotatable bonds is 5. The van der Waals surface area contributed by atoms with Crippen LogP contribution in [0.25, 0.3) is 0 Å². The SMILES string of the molecule is CCc1ccccc1NC(=O)C1=CCN(S(=O)(=O)c2ccc(C)cc2)CC1. The topological polar surface area (TPSA) is 66.5 Å². The van der Waals surface area contributed by atoms with Crippen LogP contribution in [0.2, 0.25) is 0 Å². The fourth-order valence-corrected chi connectivity index (χ4v) is 4.47. The van der Waals surface area contributed by atoms with Gasteiger partial charge in [0.2, 0.25) is 10.0 Å². The third-order valence-electron chi connectivity index (χ3n) is 4.77. The van der Waals surface area contributed by atoms with Gasteiger partial charge in [-0.15, -0.1) is 0 Å². The zero-order chi connectivity index (χ0) is 19.4. The lowest BCUT2D eigenvalue weighted by atomic mass is 10.1. The summed E-state index contributed by atoms with van der Waals surface area (Å²) in [6, 6.07) is 14.5. The van der Waals surface area contributed by atoms with Gasteiger partial charge in [0.05, 0.1) is 4.90 Å². The Bertz CT molecular complexity index is 963. The summed E-state index contributed by atoms with van der Waals surface area (Å²) in [4.78, 5) is 12.8. The maximum Gasteiger partial charge on any atom is 0.251 e. The van der Waals surface area contributed by atoms with Crippen LogP contribution in [0, 0.1) is 6.92 Å². The highest BCUT2D eigenvalue weighted by Crippen LogP contribution is 2.22. The second kappa shape index (κ2) is 8.06. The molecule has 0 saturated carbocycles. The molecule has 2 aromatic rings. The molecule has 0 aliphatic carbocycles. The van der Waals surface area contributed by atoms with Gasteiger partial charge in [0.15, 0.2) is 0 Å². The first kappa shape index (κ1) is 19.3. The zero-order valence-electron chi connectivity index (χ0n) is 15.6. The summed E-state index contributed by atoms with van der Waals surface area (Å²) in [6.07, 6.45) is 2.93. The Morgan fingerprint density at radius 3 is 2.44 bits per heavy atom. The van der Waals surface area contributed by atoms with Crippen molar-refractivity contribution < 1.29 is 13.2 Å². The van der Waals surface area contributed by atoms with Crippen molar-refractivity contribution >= 4 is 21.6 Å². The summed E-state index contributed by atoms with van der Waals surface area (Å²) in [7, 11) is -3.54. The highest BCUT2D eigenvalue weighted by Gasteiger charge is 2.27. The van der Waals surface area contributed by atoms with Gasteiger partial charge in [-0.1, -0.05) is 48.9 Å². The number of para-hydroxylation sites is 1. The van der Waals surface area contributed by atoms with Crippen LogP contribution in [-0.4, -0.2) is 31.7 Å². The number of hydrogen-bond acceptors (Lipinski definition) is 3. The minimum atomic E-state index is -3.54. The molecule has 3 rings (SSSR count). The second-order valence-corrected chi connectivity index (χ2v) is 8.56. The van der Waals surface area contributed by atoms with Crippen LogP contribution < -0.4 is 5.32 Å². The van der Waals surface area contributed by atoms with Crippen molar-refractivity contribution in [2.45, 2.75) is 31.6 Å². The van der Waals surface area contributed by atoms with E-state index >= 15 is 0 Å². The Kier molecular flexibility index (Phi) is 5.77. The molecule has 1 aliphatic rings. The number of nitrogens with zero attached hydrogens (tertiary/aromatic N) is 1. The van der Waals surface area contributed by atoms with E-state index in [0.29, 0.717) is 18.5 Å². The summed E-state index contributed by atoms with van der Waals surface area (Å²) in [5, 5.41) is 2.95. The Labute approximate surface area is 160 Å². The van der Waals surface area contributed by atoms with Gasteiger partial charge in [-0.3, -0.25) is 4.79 Å². The smallest absolute Gasteiger partial charge is 0.251 e. The molecule has 142 valence electrons.